The van der Waals surface area contributed by atoms with Crippen LogP contribution >= 0.6 is 11.6 Å². The summed E-state index contributed by atoms with van der Waals surface area (Å²) in [6.07, 6.45) is 1.72. The lowest BCUT2D eigenvalue weighted by Gasteiger charge is -2.19. The van der Waals surface area contributed by atoms with Crippen molar-refractivity contribution in [1.29, 1.82) is 0 Å². The molecule has 0 aliphatic carbocycles. The number of halogens is 1. The average Bonchev–Trinajstić information content (AvgIpc) is 2.52. The number of benzene rings is 2. The van der Waals surface area contributed by atoms with Crippen LogP contribution in [0.1, 0.15) is 17.2 Å². The average molecular weight is 338 g/mol. The van der Waals surface area contributed by atoms with Gasteiger partial charge in [-0.25, -0.2) is 0 Å². The van der Waals surface area contributed by atoms with Crippen molar-refractivity contribution in [2.45, 2.75) is 12.6 Å². The first-order valence-electron chi connectivity index (χ1n) is 7.01. The van der Waals surface area contributed by atoms with Crippen molar-refractivity contribution in [3.63, 3.8) is 0 Å². The molecule has 0 aliphatic rings. The number of rotatable bonds is 7. The smallest absolute Gasteiger partial charge is 0.124 e. The molecular formula is C17H20ClNO2S. The van der Waals surface area contributed by atoms with E-state index in [1.54, 1.807) is 13.4 Å². The molecule has 2 atom stereocenters. The van der Waals surface area contributed by atoms with Gasteiger partial charge in [0.2, 0.25) is 0 Å². The third kappa shape index (κ3) is 4.57. The zero-order valence-corrected chi connectivity index (χ0v) is 14.3. The summed E-state index contributed by atoms with van der Waals surface area (Å²) in [7, 11) is 0.737. The monoisotopic (exact) mass is 337 g/mol. The first-order chi connectivity index (χ1) is 10.6. The Balaban J connectivity index is 2.17. The highest BCUT2D eigenvalue weighted by Gasteiger charge is 2.15. The maximum atomic E-state index is 11.6. The lowest BCUT2D eigenvalue weighted by Crippen LogP contribution is -2.26. The highest BCUT2D eigenvalue weighted by molar-refractivity contribution is 7.84. The normalized spacial score (nSPS) is 13.6. The third-order valence-electron chi connectivity index (χ3n) is 3.42. The van der Waals surface area contributed by atoms with Crippen LogP contribution in [0.15, 0.2) is 48.5 Å². The molecule has 0 fully saturated rings. The molecule has 2 rings (SSSR count). The molecular weight excluding hydrogens is 318 g/mol. The van der Waals surface area contributed by atoms with E-state index in [1.165, 1.54) is 0 Å². The topological polar surface area (TPSA) is 38.3 Å². The SMILES string of the molecule is COc1cccc(Cl)c1CN[C@@H](C[S@@](C)=O)c1ccccc1. The Bertz CT molecular complexity index is 634. The Labute approximate surface area is 139 Å². The van der Waals surface area contributed by atoms with Gasteiger partial charge in [0.1, 0.15) is 5.75 Å². The molecule has 0 saturated carbocycles. The van der Waals surface area contributed by atoms with Gasteiger partial charge in [0, 0.05) is 46.0 Å². The minimum atomic E-state index is -0.893. The Morgan fingerprint density at radius 1 is 1.18 bits per heavy atom. The van der Waals surface area contributed by atoms with Crippen LogP contribution < -0.4 is 10.1 Å². The second kappa shape index (κ2) is 8.32. The fourth-order valence-electron chi connectivity index (χ4n) is 2.32. The van der Waals surface area contributed by atoms with Gasteiger partial charge in [-0.15, -0.1) is 0 Å². The molecule has 0 saturated heterocycles. The fraction of sp³-hybridized carbons (Fsp3) is 0.294. The first kappa shape index (κ1) is 17.0. The lowest BCUT2D eigenvalue weighted by molar-refractivity contribution is 0.406. The van der Waals surface area contributed by atoms with Crippen molar-refractivity contribution in [2.24, 2.45) is 0 Å². The van der Waals surface area contributed by atoms with E-state index in [2.05, 4.69) is 5.32 Å². The summed E-state index contributed by atoms with van der Waals surface area (Å²) in [5.41, 5.74) is 2.03. The van der Waals surface area contributed by atoms with E-state index in [1.807, 2.05) is 48.5 Å². The van der Waals surface area contributed by atoms with Crippen molar-refractivity contribution in [3.05, 3.63) is 64.7 Å². The molecule has 5 heteroatoms. The van der Waals surface area contributed by atoms with Gasteiger partial charge in [-0.2, -0.15) is 0 Å². The number of ether oxygens (including phenoxy) is 1. The zero-order chi connectivity index (χ0) is 15.9. The van der Waals surface area contributed by atoms with E-state index >= 15 is 0 Å². The zero-order valence-electron chi connectivity index (χ0n) is 12.7. The van der Waals surface area contributed by atoms with Crippen LogP contribution in [0, 0.1) is 0 Å². The summed E-state index contributed by atoms with van der Waals surface area (Å²) in [6, 6.07) is 15.6. The summed E-state index contributed by atoms with van der Waals surface area (Å²) in [4.78, 5) is 0. The van der Waals surface area contributed by atoms with Gasteiger partial charge in [0.25, 0.3) is 0 Å². The van der Waals surface area contributed by atoms with Gasteiger partial charge >= 0.3 is 0 Å². The van der Waals surface area contributed by atoms with E-state index < -0.39 is 10.8 Å². The maximum absolute atomic E-state index is 11.6. The highest BCUT2D eigenvalue weighted by Crippen LogP contribution is 2.27. The molecule has 2 aromatic rings. The Morgan fingerprint density at radius 3 is 2.55 bits per heavy atom. The minimum absolute atomic E-state index is 0.00742. The second-order valence-corrected chi connectivity index (χ2v) is 6.89. The van der Waals surface area contributed by atoms with Crippen LogP contribution in [-0.2, 0) is 17.3 Å². The van der Waals surface area contributed by atoms with Crippen LogP contribution in [0.25, 0.3) is 0 Å². The van der Waals surface area contributed by atoms with Gasteiger partial charge in [-0.3, -0.25) is 4.21 Å². The summed E-state index contributed by atoms with van der Waals surface area (Å²) in [5, 5.41) is 4.10. The molecule has 0 aliphatic heterocycles. The number of hydrogen-bond donors (Lipinski definition) is 1. The van der Waals surface area contributed by atoms with E-state index in [-0.39, 0.29) is 6.04 Å². The van der Waals surface area contributed by atoms with E-state index in [9.17, 15) is 4.21 Å². The Kier molecular flexibility index (Phi) is 6.43. The molecule has 0 amide bonds. The van der Waals surface area contributed by atoms with Crippen LogP contribution in [0.3, 0.4) is 0 Å². The van der Waals surface area contributed by atoms with Gasteiger partial charge in [-0.05, 0) is 17.7 Å². The molecule has 0 bridgehead atoms. The van der Waals surface area contributed by atoms with Crippen LogP contribution in [-0.4, -0.2) is 23.3 Å². The second-order valence-electron chi connectivity index (χ2n) is 5.00. The van der Waals surface area contributed by atoms with Crippen LogP contribution in [0.4, 0.5) is 0 Å². The summed E-state index contributed by atoms with van der Waals surface area (Å²) >= 11 is 6.26. The van der Waals surface area contributed by atoms with E-state index in [0.717, 1.165) is 16.9 Å². The molecule has 118 valence electrons. The quantitative estimate of drug-likeness (QED) is 0.839. The van der Waals surface area contributed by atoms with Crippen LogP contribution in [0.5, 0.6) is 5.75 Å². The van der Waals surface area contributed by atoms with Gasteiger partial charge < -0.3 is 10.1 Å². The molecule has 0 unspecified atom stereocenters. The molecule has 0 aromatic heterocycles. The van der Waals surface area contributed by atoms with Gasteiger partial charge in [0.15, 0.2) is 0 Å². The minimum Gasteiger partial charge on any atom is -0.496 e. The van der Waals surface area contributed by atoms with E-state index in [0.29, 0.717) is 17.3 Å². The maximum Gasteiger partial charge on any atom is 0.124 e. The van der Waals surface area contributed by atoms with Crippen molar-refractivity contribution in [3.8, 4) is 5.75 Å². The summed E-state index contributed by atoms with van der Waals surface area (Å²) in [6.45, 7) is 0.555. The molecule has 0 spiro atoms. The Hall–Kier alpha value is -1.36. The number of hydrogen-bond acceptors (Lipinski definition) is 3. The van der Waals surface area contributed by atoms with Gasteiger partial charge in [0.05, 0.1) is 7.11 Å². The van der Waals surface area contributed by atoms with Crippen molar-refractivity contribution in [1.82, 2.24) is 5.32 Å². The number of methoxy groups -OCH3 is 1. The predicted molar refractivity (Wildman–Crippen MR) is 93.0 cm³/mol. The van der Waals surface area contributed by atoms with Crippen LogP contribution in [0.2, 0.25) is 5.02 Å². The molecule has 1 N–H and O–H groups in total. The van der Waals surface area contributed by atoms with Gasteiger partial charge in [-0.1, -0.05) is 48.0 Å². The summed E-state index contributed by atoms with van der Waals surface area (Å²) < 4.78 is 17.0. The number of nitrogens with one attached hydrogen (secondary N) is 1. The Morgan fingerprint density at radius 2 is 1.91 bits per heavy atom. The highest BCUT2D eigenvalue weighted by atomic mass is 35.5. The van der Waals surface area contributed by atoms with E-state index in [4.69, 9.17) is 16.3 Å². The standard InChI is InChI=1S/C17H20ClNO2S/c1-21-17-10-6-9-15(18)14(17)11-19-16(12-22(2)20)13-7-4-3-5-8-13/h3-10,16,19H,11-12H2,1-2H3/t16-,22+/m0/s1. The fourth-order valence-corrected chi connectivity index (χ4v) is 3.33. The van der Waals surface area contributed by atoms with Crippen molar-refractivity contribution < 1.29 is 8.95 Å². The molecule has 22 heavy (non-hydrogen) atoms. The predicted octanol–water partition coefficient (Wildman–Crippen LogP) is 3.56. The molecule has 0 radical (unpaired) electrons. The van der Waals surface area contributed by atoms with Crippen molar-refractivity contribution >= 4 is 22.4 Å². The third-order valence-corrected chi connectivity index (χ3v) is 4.58. The first-order valence-corrected chi connectivity index (χ1v) is 9.12. The summed E-state index contributed by atoms with van der Waals surface area (Å²) in [5.74, 6) is 1.31. The molecule has 3 nitrogen and oxygen atoms in total. The largest absolute Gasteiger partial charge is 0.496 e. The molecule has 0 heterocycles. The molecule has 2 aromatic carbocycles. The lowest BCUT2D eigenvalue weighted by atomic mass is 10.1. The van der Waals surface area contributed by atoms with Crippen molar-refractivity contribution in [2.75, 3.05) is 19.1 Å².